The molecule has 0 bridgehead atoms. The summed E-state index contributed by atoms with van der Waals surface area (Å²) in [6.07, 6.45) is 1.20. The predicted octanol–water partition coefficient (Wildman–Crippen LogP) is 3.18. The largest absolute Gasteiger partial charge is 0.497 e. The summed E-state index contributed by atoms with van der Waals surface area (Å²) in [5, 5.41) is 7.74. The average Bonchev–Trinajstić information content (AvgIpc) is 3.06. The lowest BCUT2D eigenvalue weighted by molar-refractivity contribution is -0.116. The van der Waals surface area contributed by atoms with Crippen molar-refractivity contribution in [1.29, 1.82) is 0 Å². The summed E-state index contributed by atoms with van der Waals surface area (Å²) in [5.41, 5.74) is 3.75. The molecule has 4 rings (SSSR count). The van der Waals surface area contributed by atoms with Crippen LogP contribution >= 0.6 is 0 Å². The van der Waals surface area contributed by atoms with E-state index in [9.17, 15) is 9.59 Å². The van der Waals surface area contributed by atoms with Gasteiger partial charge in [0.25, 0.3) is 5.56 Å². The molecule has 33 heavy (non-hydrogen) atoms. The zero-order valence-electron chi connectivity index (χ0n) is 19.3. The summed E-state index contributed by atoms with van der Waals surface area (Å²) in [4.78, 5) is 30.9. The van der Waals surface area contributed by atoms with Crippen molar-refractivity contribution in [3.8, 4) is 5.75 Å². The summed E-state index contributed by atoms with van der Waals surface area (Å²) >= 11 is 0. The fourth-order valence-corrected chi connectivity index (χ4v) is 3.89. The third-order valence-corrected chi connectivity index (χ3v) is 5.81. The molecule has 8 nitrogen and oxygen atoms in total. The second-order valence-electron chi connectivity index (χ2n) is 8.00. The molecule has 0 saturated carbocycles. The Labute approximate surface area is 191 Å². The Hall–Kier alpha value is -3.94. The number of rotatable bonds is 7. The van der Waals surface area contributed by atoms with Crippen molar-refractivity contribution in [3.63, 3.8) is 0 Å². The number of hydrogen-bond donors (Lipinski definition) is 1. The van der Waals surface area contributed by atoms with Gasteiger partial charge in [-0.3, -0.25) is 18.8 Å². The van der Waals surface area contributed by atoms with Gasteiger partial charge in [-0.25, -0.2) is 4.98 Å². The molecule has 4 aromatic rings. The van der Waals surface area contributed by atoms with E-state index >= 15 is 0 Å². The smallest absolute Gasteiger partial charge is 0.261 e. The van der Waals surface area contributed by atoms with Crippen molar-refractivity contribution < 1.29 is 9.53 Å². The van der Waals surface area contributed by atoms with Crippen LogP contribution in [0.15, 0.2) is 53.3 Å². The van der Waals surface area contributed by atoms with Crippen LogP contribution in [0.2, 0.25) is 0 Å². The van der Waals surface area contributed by atoms with Crippen molar-refractivity contribution in [3.05, 3.63) is 81.7 Å². The molecule has 0 atom stereocenters. The Morgan fingerprint density at radius 2 is 1.79 bits per heavy atom. The number of methoxy groups -OCH3 is 1. The molecule has 0 aliphatic rings. The highest BCUT2D eigenvalue weighted by Gasteiger charge is 2.17. The van der Waals surface area contributed by atoms with Crippen molar-refractivity contribution in [2.45, 2.75) is 33.2 Å². The number of ether oxygens (including phenoxy) is 1. The number of nitrogens with one attached hydrogen (secondary N) is 1. The summed E-state index contributed by atoms with van der Waals surface area (Å²) < 4.78 is 8.41. The van der Waals surface area contributed by atoms with Crippen LogP contribution in [0.4, 0.5) is 5.69 Å². The van der Waals surface area contributed by atoms with Crippen molar-refractivity contribution in [2.75, 3.05) is 12.4 Å². The molecule has 0 unspecified atom stereocenters. The lowest BCUT2D eigenvalue weighted by atomic mass is 10.1. The number of hydrogen-bond acceptors (Lipinski definition) is 5. The van der Waals surface area contributed by atoms with E-state index < -0.39 is 0 Å². The Kier molecular flexibility index (Phi) is 6.26. The SMILES string of the molecule is COc1ccc(CCc2nc3ccccc3c(=O)n2CC(=O)Nc2c(C)nn(C)c2C)cc1. The minimum absolute atomic E-state index is 0.123. The van der Waals surface area contributed by atoms with Crippen LogP contribution in [0.1, 0.15) is 22.8 Å². The van der Waals surface area contributed by atoms with Crippen LogP contribution in [0.5, 0.6) is 5.75 Å². The fraction of sp³-hybridized carbons (Fsp3) is 0.280. The number of benzene rings is 2. The topological polar surface area (TPSA) is 91.0 Å². The van der Waals surface area contributed by atoms with Gasteiger partial charge in [0, 0.05) is 13.5 Å². The Balaban J connectivity index is 1.64. The molecule has 170 valence electrons. The zero-order valence-corrected chi connectivity index (χ0v) is 19.3. The van der Waals surface area contributed by atoms with Gasteiger partial charge < -0.3 is 10.1 Å². The second-order valence-corrected chi connectivity index (χ2v) is 8.00. The summed E-state index contributed by atoms with van der Waals surface area (Å²) in [7, 11) is 3.46. The Morgan fingerprint density at radius 1 is 1.06 bits per heavy atom. The van der Waals surface area contributed by atoms with Gasteiger partial charge in [0.05, 0.1) is 35.1 Å². The molecule has 0 spiro atoms. The molecule has 2 aromatic carbocycles. The first-order chi connectivity index (χ1) is 15.9. The summed E-state index contributed by atoms with van der Waals surface area (Å²) in [6.45, 7) is 3.61. The molecule has 2 heterocycles. The fourth-order valence-electron chi connectivity index (χ4n) is 3.89. The number of para-hydroxylation sites is 1. The quantitative estimate of drug-likeness (QED) is 0.472. The molecular weight excluding hydrogens is 418 g/mol. The predicted molar refractivity (Wildman–Crippen MR) is 128 cm³/mol. The van der Waals surface area contributed by atoms with Gasteiger partial charge in [-0.1, -0.05) is 24.3 Å². The molecule has 2 aromatic heterocycles. The maximum Gasteiger partial charge on any atom is 0.261 e. The molecule has 1 amide bonds. The maximum atomic E-state index is 13.3. The molecule has 0 saturated heterocycles. The second kappa shape index (κ2) is 9.28. The van der Waals surface area contributed by atoms with E-state index in [0.717, 1.165) is 22.7 Å². The number of fused-ring (bicyclic) bond motifs is 1. The Bertz CT molecular complexity index is 1370. The first kappa shape index (κ1) is 22.3. The van der Waals surface area contributed by atoms with Gasteiger partial charge in [-0.15, -0.1) is 0 Å². The number of aryl methyl sites for hydroxylation is 4. The van der Waals surface area contributed by atoms with E-state index in [1.807, 2.05) is 57.3 Å². The minimum atomic E-state index is -0.293. The monoisotopic (exact) mass is 445 g/mol. The van der Waals surface area contributed by atoms with E-state index in [-0.39, 0.29) is 18.0 Å². The van der Waals surface area contributed by atoms with E-state index in [4.69, 9.17) is 9.72 Å². The first-order valence-corrected chi connectivity index (χ1v) is 10.8. The van der Waals surface area contributed by atoms with Crippen molar-refractivity contribution in [2.24, 2.45) is 7.05 Å². The number of amides is 1. The van der Waals surface area contributed by atoms with Crippen LogP contribution in [-0.2, 0) is 31.2 Å². The van der Waals surface area contributed by atoms with E-state index in [1.54, 1.807) is 23.9 Å². The lowest BCUT2D eigenvalue weighted by Crippen LogP contribution is -2.31. The molecular formula is C25H27N5O3. The highest BCUT2D eigenvalue weighted by molar-refractivity contribution is 5.92. The van der Waals surface area contributed by atoms with Gasteiger partial charge in [0.2, 0.25) is 5.91 Å². The number of carbonyl (C=O) groups is 1. The number of aromatic nitrogens is 4. The van der Waals surface area contributed by atoms with Gasteiger partial charge in [-0.2, -0.15) is 5.10 Å². The van der Waals surface area contributed by atoms with Crippen molar-refractivity contribution >= 4 is 22.5 Å². The van der Waals surface area contributed by atoms with E-state index in [0.29, 0.717) is 35.3 Å². The van der Waals surface area contributed by atoms with Gasteiger partial charge in [0.15, 0.2) is 0 Å². The van der Waals surface area contributed by atoms with E-state index in [2.05, 4.69) is 10.4 Å². The number of nitrogens with zero attached hydrogens (tertiary/aromatic N) is 4. The van der Waals surface area contributed by atoms with Gasteiger partial charge in [0.1, 0.15) is 18.1 Å². The number of carbonyl (C=O) groups excluding carboxylic acids is 1. The Morgan fingerprint density at radius 3 is 2.45 bits per heavy atom. The first-order valence-electron chi connectivity index (χ1n) is 10.8. The highest BCUT2D eigenvalue weighted by atomic mass is 16.5. The zero-order chi connectivity index (χ0) is 23.5. The average molecular weight is 446 g/mol. The number of anilines is 1. The van der Waals surface area contributed by atoms with Gasteiger partial charge in [-0.05, 0) is 50.1 Å². The standard InChI is InChI=1S/C25H27N5O3/c1-16-24(17(2)29(3)28-16)27-23(31)15-30-22(14-11-18-9-12-19(33-4)13-10-18)26-21-8-6-5-7-20(21)25(30)32/h5-10,12-13H,11,14-15H2,1-4H3,(H,27,31). The van der Waals surface area contributed by atoms with Crippen LogP contribution in [-0.4, -0.2) is 32.3 Å². The minimum Gasteiger partial charge on any atom is -0.497 e. The van der Waals surface area contributed by atoms with Crippen LogP contribution in [0, 0.1) is 13.8 Å². The molecule has 0 fully saturated rings. The van der Waals surface area contributed by atoms with E-state index in [1.165, 1.54) is 4.57 Å². The van der Waals surface area contributed by atoms with Crippen LogP contribution in [0.25, 0.3) is 10.9 Å². The highest BCUT2D eigenvalue weighted by Crippen LogP contribution is 2.19. The molecule has 0 aliphatic heterocycles. The third-order valence-electron chi connectivity index (χ3n) is 5.81. The molecule has 8 heteroatoms. The molecule has 0 radical (unpaired) electrons. The van der Waals surface area contributed by atoms with Crippen molar-refractivity contribution in [1.82, 2.24) is 19.3 Å². The van der Waals surface area contributed by atoms with Crippen LogP contribution < -0.4 is 15.6 Å². The third kappa shape index (κ3) is 4.64. The molecule has 0 aliphatic carbocycles. The van der Waals surface area contributed by atoms with Gasteiger partial charge >= 0.3 is 0 Å². The maximum absolute atomic E-state index is 13.3. The lowest BCUT2D eigenvalue weighted by Gasteiger charge is -2.14. The normalized spacial score (nSPS) is 11.0. The molecule has 1 N–H and O–H groups in total. The van der Waals surface area contributed by atoms with Crippen LogP contribution in [0.3, 0.4) is 0 Å². The summed E-state index contributed by atoms with van der Waals surface area (Å²) in [6, 6.07) is 15.0. The summed E-state index contributed by atoms with van der Waals surface area (Å²) in [5.74, 6) is 1.07.